The van der Waals surface area contributed by atoms with Crippen molar-refractivity contribution in [2.24, 2.45) is 0 Å². The van der Waals surface area contributed by atoms with Gasteiger partial charge in [0.15, 0.2) is 9.84 Å². The minimum Gasteiger partial charge on any atom is -0.462 e. The van der Waals surface area contributed by atoms with Gasteiger partial charge in [-0.05, 0) is 45.0 Å². The predicted molar refractivity (Wildman–Crippen MR) is 165 cm³/mol. The number of carbonyl (C=O) groups is 1. The highest BCUT2D eigenvalue weighted by molar-refractivity contribution is 7.91. The van der Waals surface area contributed by atoms with Gasteiger partial charge in [-0.3, -0.25) is 0 Å². The molecule has 4 aromatic rings. The van der Waals surface area contributed by atoms with E-state index in [9.17, 15) is 39.6 Å². The van der Waals surface area contributed by atoms with Crippen molar-refractivity contribution in [1.29, 1.82) is 0 Å². The van der Waals surface area contributed by atoms with Crippen molar-refractivity contribution >= 4 is 73.8 Å². The monoisotopic (exact) mass is 768 g/mol. The Morgan fingerprint density at radius 1 is 0.787 bits per heavy atom. The van der Waals surface area contributed by atoms with Crippen LogP contribution in [0.25, 0.3) is 11.4 Å². The van der Waals surface area contributed by atoms with Gasteiger partial charge in [-0.2, -0.15) is 36.5 Å². The second-order valence-corrected chi connectivity index (χ2v) is 13.1. The molecule has 2 aromatic heterocycles. The molecule has 0 radical (unpaired) electrons. The molecular formula is C26H22Cl4F6N6O4S. The van der Waals surface area contributed by atoms with E-state index in [1.165, 1.54) is 13.8 Å². The molecule has 0 unspecified atom stereocenters. The van der Waals surface area contributed by atoms with Gasteiger partial charge in [0.05, 0.1) is 49.2 Å². The van der Waals surface area contributed by atoms with Crippen molar-refractivity contribution in [3.05, 3.63) is 72.4 Å². The Bertz CT molecular complexity index is 1930. The van der Waals surface area contributed by atoms with Crippen molar-refractivity contribution < 1.29 is 44.3 Å². The summed E-state index contributed by atoms with van der Waals surface area (Å²) in [5.74, 6) is -1.11. The molecule has 4 rings (SSSR count). The Balaban J connectivity index is 0.000000256. The van der Waals surface area contributed by atoms with E-state index in [1.807, 2.05) is 0 Å². The summed E-state index contributed by atoms with van der Waals surface area (Å²) < 4.78 is 107. The van der Waals surface area contributed by atoms with E-state index >= 15 is 0 Å². The van der Waals surface area contributed by atoms with Crippen LogP contribution in [0.2, 0.25) is 20.1 Å². The number of aryl methyl sites for hydroxylation is 2. The Morgan fingerprint density at radius 3 is 1.47 bits per heavy atom. The van der Waals surface area contributed by atoms with Crippen molar-refractivity contribution in [2.75, 3.05) is 24.3 Å². The fourth-order valence-corrected chi connectivity index (χ4v) is 6.53. The van der Waals surface area contributed by atoms with Gasteiger partial charge in [0.25, 0.3) is 0 Å². The fourth-order valence-electron chi connectivity index (χ4n) is 4.19. The van der Waals surface area contributed by atoms with Crippen molar-refractivity contribution in [2.45, 2.75) is 38.0 Å². The predicted octanol–water partition coefficient (Wildman–Crippen LogP) is 7.76. The zero-order valence-electron chi connectivity index (χ0n) is 24.3. The first-order chi connectivity index (χ1) is 21.4. The molecule has 21 heteroatoms. The molecule has 0 amide bonds. The molecule has 10 nitrogen and oxygen atoms in total. The maximum atomic E-state index is 12.8. The number of alkyl halides is 6. The van der Waals surface area contributed by atoms with Crippen molar-refractivity contribution in [3.63, 3.8) is 0 Å². The molecule has 0 bridgehead atoms. The van der Waals surface area contributed by atoms with Gasteiger partial charge in [-0.1, -0.05) is 46.4 Å². The summed E-state index contributed by atoms with van der Waals surface area (Å²) >= 11 is 23.6. The number of benzene rings is 2. The standard InChI is InChI=1S/C14H12Cl2F3N3O2.C12H10Cl2F3N3O2S/c1-3-24-13(23)10-6(2)21-22(12(10)20)11-8(15)4-7(5-9(11)16)14(17,18)19;1-5-10(23(2,21)22)11(18)20(19-5)9-7(13)3-6(4-8(9)14)12(15,16)17/h4-5H,3,20H2,1-2H3;3-4H,18H2,1-2H3. The number of ether oxygens (including phenoxy) is 1. The lowest BCUT2D eigenvalue weighted by molar-refractivity contribution is -0.138. The summed E-state index contributed by atoms with van der Waals surface area (Å²) in [6.45, 7) is 4.66. The van der Waals surface area contributed by atoms with Gasteiger partial charge in [0, 0.05) is 6.26 Å². The first-order valence-corrected chi connectivity index (χ1v) is 16.0. The molecule has 0 spiro atoms. The Labute approximate surface area is 283 Å². The molecule has 0 aliphatic heterocycles. The summed E-state index contributed by atoms with van der Waals surface area (Å²) in [5.41, 5.74) is 9.75. The number of sulfone groups is 1. The van der Waals surface area contributed by atoms with Crippen LogP contribution in [0.3, 0.4) is 0 Å². The van der Waals surface area contributed by atoms with E-state index in [1.54, 1.807) is 6.92 Å². The molecule has 0 atom stereocenters. The van der Waals surface area contributed by atoms with Crippen LogP contribution in [-0.4, -0.2) is 46.8 Å². The van der Waals surface area contributed by atoms with Crippen LogP contribution in [0.4, 0.5) is 38.0 Å². The second kappa shape index (κ2) is 13.6. The van der Waals surface area contributed by atoms with Crippen LogP contribution in [0.15, 0.2) is 29.2 Å². The van der Waals surface area contributed by atoms with E-state index in [2.05, 4.69) is 10.2 Å². The van der Waals surface area contributed by atoms with Gasteiger partial charge >= 0.3 is 18.3 Å². The highest BCUT2D eigenvalue weighted by Gasteiger charge is 2.34. The topological polar surface area (TPSA) is 148 Å². The van der Waals surface area contributed by atoms with E-state index in [-0.39, 0.29) is 71.6 Å². The third-order valence-corrected chi connectivity index (χ3v) is 8.50. The number of hydrogen-bond donors (Lipinski definition) is 2. The maximum absolute atomic E-state index is 12.8. The molecule has 256 valence electrons. The minimum absolute atomic E-state index is 0.00359. The first kappa shape index (κ1) is 38.1. The van der Waals surface area contributed by atoms with Crippen LogP contribution in [0.5, 0.6) is 0 Å². The normalized spacial score (nSPS) is 12.1. The van der Waals surface area contributed by atoms with E-state index in [0.29, 0.717) is 24.3 Å². The Morgan fingerprint density at radius 2 is 1.15 bits per heavy atom. The number of nitrogen functional groups attached to an aromatic ring is 2. The number of hydrogen-bond acceptors (Lipinski definition) is 8. The van der Waals surface area contributed by atoms with Gasteiger partial charge in [-0.25, -0.2) is 22.6 Å². The molecule has 4 N–H and O–H groups in total. The van der Waals surface area contributed by atoms with Crippen molar-refractivity contribution in [1.82, 2.24) is 19.6 Å². The maximum Gasteiger partial charge on any atom is 0.416 e. The van der Waals surface area contributed by atoms with Gasteiger partial charge in [-0.15, -0.1) is 0 Å². The number of aromatic nitrogens is 4. The van der Waals surface area contributed by atoms with E-state index in [4.69, 9.17) is 62.6 Å². The number of carbonyl (C=O) groups excluding carboxylic acids is 1. The molecular weight excluding hydrogens is 748 g/mol. The molecule has 0 aliphatic rings. The van der Waals surface area contributed by atoms with E-state index in [0.717, 1.165) is 15.6 Å². The summed E-state index contributed by atoms with van der Waals surface area (Å²) in [6.07, 6.45) is -8.30. The number of nitrogens with zero attached hydrogens (tertiary/aromatic N) is 4. The molecule has 0 aliphatic carbocycles. The number of anilines is 2. The SMILES string of the molecule is CCOC(=O)c1c(C)nn(-c2c(Cl)cc(C(F)(F)F)cc2Cl)c1N.Cc1nn(-c2c(Cl)cc(C(F)(F)F)cc2Cl)c(N)c1S(C)(=O)=O. The van der Waals surface area contributed by atoms with Gasteiger partial charge in [0.2, 0.25) is 0 Å². The summed E-state index contributed by atoms with van der Waals surface area (Å²) in [4.78, 5) is 11.7. The molecule has 0 saturated carbocycles. The fraction of sp³-hybridized carbons (Fsp3) is 0.269. The van der Waals surface area contributed by atoms with Gasteiger partial charge < -0.3 is 16.2 Å². The highest BCUT2D eigenvalue weighted by Crippen LogP contribution is 2.40. The first-order valence-electron chi connectivity index (χ1n) is 12.6. The van der Waals surface area contributed by atoms with Crippen LogP contribution >= 0.6 is 46.4 Å². The van der Waals surface area contributed by atoms with Crippen LogP contribution < -0.4 is 11.5 Å². The summed E-state index contributed by atoms with van der Waals surface area (Å²) in [5, 5.41) is 6.62. The van der Waals surface area contributed by atoms with Crippen LogP contribution in [0, 0.1) is 13.8 Å². The lowest BCUT2D eigenvalue weighted by atomic mass is 10.2. The average Bonchev–Trinajstić information content (AvgIpc) is 3.36. The molecule has 2 heterocycles. The summed E-state index contributed by atoms with van der Waals surface area (Å²) in [6, 6.07) is 2.76. The Kier molecular flexibility index (Phi) is 11.0. The largest absolute Gasteiger partial charge is 0.462 e. The van der Waals surface area contributed by atoms with Gasteiger partial charge in [0.1, 0.15) is 33.5 Å². The number of halogens is 10. The molecule has 47 heavy (non-hydrogen) atoms. The van der Waals surface area contributed by atoms with Crippen LogP contribution in [0.1, 0.15) is 39.8 Å². The molecule has 2 aromatic carbocycles. The lowest BCUT2D eigenvalue weighted by Gasteiger charge is -2.13. The summed E-state index contributed by atoms with van der Waals surface area (Å²) in [7, 11) is -3.68. The highest BCUT2D eigenvalue weighted by atomic mass is 35.5. The number of esters is 1. The smallest absolute Gasteiger partial charge is 0.416 e. The zero-order chi connectivity index (χ0) is 36.0. The second-order valence-electron chi connectivity index (χ2n) is 9.53. The third kappa shape index (κ3) is 8.02. The molecule has 0 fully saturated rings. The Hall–Kier alpha value is -3.38. The van der Waals surface area contributed by atoms with E-state index < -0.39 is 39.3 Å². The lowest BCUT2D eigenvalue weighted by Crippen LogP contribution is -2.11. The zero-order valence-corrected chi connectivity index (χ0v) is 28.1. The molecule has 0 saturated heterocycles. The van der Waals surface area contributed by atoms with Crippen molar-refractivity contribution in [3.8, 4) is 11.4 Å². The quantitative estimate of drug-likeness (QED) is 0.155. The average molecular weight is 770 g/mol. The number of nitrogens with two attached hydrogens (primary N) is 2. The third-order valence-electron chi connectivity index (χ3n) is 6.10. The van der Waals surface area contributed by atoms with Crippen LogP contribution in [-0.2, 0) is 26.9 Å². The number of rotatable bonds is 5. The minimum atomic E-state index is -4.63.